The smallest absolute Gasteiger partial charge is 0.224 e. The summed E-state index contributed by atoms with van der Waals surface area (Å²) in [4.78, 5) is 17.8. The lowest BCUT2D eigenvalue weighted by Crippen LogP contribution is -2.31. The van der Waals surface area contributed by atoms with Crippen molar-refractivity contribution in [1.29, 1.82) is 0 Å². The van der Waals surface area contributed by atoms with Gasteiger partial charge in [-0.1, -0.05) is 0 Å². The van der Waals surface area contributed by atoms with Gasteiger partial charge in [0.15, 0.2) is 0 Å². The van der Waals surface area contributed by atoms with Crippen LogP contribution in [0.4, 0.5) is 5.82 Å². The number of hydrogen-bond acceptors (Lipinski definition) is 3. The number of hydrogen-bond donors (Lipinski definition) is 1. The van der Waals surface area contributed by atoms with E-state index >= 15 is 0 Å². The highest BCUT2D eigenvalue weighted by molar-refractivity contribution is 5.76. The molecule has 1 heterocycles. The van der Waals surface area contributed by atoms with E-state index in [0.717, 1.165) is 24.5 Å². The SMILES string of the molecule is CCN(CC)C(=O)CCNc1cc(C)ccn1. The molecule has 0 radical (unpaired) electrons. The second-order valence-electron chi connectivity index (χ2n) is 3.96. The minimum atomic E-state index is 0.190. The number of nitrogens with one attached hydrogen (secondary N) is 1. The molecule has 0 aliphatic rings. The maximum atomic E-state index is 11.7. The molecule has 94 valence electrons. The highest BCUT2D eigenvalue weighted by Crippen LogP contribution is 2.05. The number of carbonyl (C=O) groups excluding carboxylic acids is 1. The third kappa shape index (κ3) is 4.43. The van der Waals surface area contributed by atoms with E-state index in [1.807, 2.05) is 37.8 Å². The number of anilines is 1. The molecule has 0 saturated heterocycles. The molecule has 0 spiro atoms. The fourth-order valence-electron chi connectivity index (χ4n) is 1.66. The molecule has 0 aliphatic carbocycles. The molecular weight excluding hydrogens is 214 g/mol. The summed E-state index contributed by atoms with van der Waals surface area (Å²) in [5.74, 6) is 1.02. The molecule has 4 nitrogen and oxygen atoms in total. The van der Waals surface area contributed by atoms with Crippen LogP contribution in [0.15, 0.2) is 18.3 Å². The van der Waals surface area contributed by atoms with Crippen molar-refractivity contribution in [2.24, 2.45) is 0 Å². The van der Waals surface area contributed by atoms with E-state index in [9.17, 15) is 4.79 Å². The van der Waals surface area contributed by atoms with Crippen LogP contribution in [0.25, 0.3) is 0 Å². The first-order valence-corrected chi connectivity index (χ1v) is 6.11. The summed E-state index contributed by atoms with van der Waals surface area (Å²) in [6, 6.07) is 3.92. The standard InChI is InChI=1S/C13H21N3O/c1-4-16(5-2)13(17)7-9-15-12-10-11(3)6-8-14-12/h6,8,10H,4-5,7,9H2,1-3H3,(H,14,15). The Morgan fingerprint density at radius 1 is 1.41 bits per heavy atom. The number of carbonyl (C=O) groups is 1. The lowest BCUT2D eigenvalue weighted by Gasteiger charge is -2.18. The number of pyridine rings is 1. The van der Waals surface area contributed by atoms with E-state index in [0.29, 0.717) is 13.0 Å². The summed E-state index contributed by atoms with van der Waals surface area (Å²) in [6.45, 7) is 8.20. The van der Waals surface area contributed by atoms with E-state index in [4.69, 9.17) is 0 Å². The summed E-state index contributed by atoms with van der Waals surface area (Å²) in [5.41, 5.74) is 1.16. The number of aromatic nitrogens is 1. The molecule has 1 N–H and O–H groups in total. The predicted molar refractivity (Wildman–Crippen MR) is 70.0 cm³/mol. The average Bonchev–Trinajstić information content (AvgIpc) is 2.30. The third-order valence-electron chi connectivity index (χ3n) is 2.68. The van der Waals surface area contributed by atoms with E-state index < -0.39 is 0 Å². The molecule has 1 aromatic heterocycles. The highest BCUT2D eigenvalue weighted by Gasteiger charge is 2.08. The summed E-state index contributed by atoms with van der Waals surface area (Å²) >= 11 is 0. The fourth-order valence-corrected chi connectivity index (χ4v) is 1.66. The summed E-state index contributed by atoms with van der Waals surface area (Å²) < 4.78 is 0. The Morgan fingerprint density at radius 2 is 2.12 bits per heavy atom. The van der Waals surface area contributed by atoms with Crippen LogP contribution in [0.3, 0.4) is 0 Å². The second-order valence-corrected chi connectivity index (χ2v) is 3.96. The molecule has 0 unspecified atom stereocenters. The van der Waals surface area contributed by atoms with Crippen molar-refractivity contribution in [2.75, 3.05) is 25.0 Å². The summed E-state index contributed by atoms with van der Waals surface area (Å²) in [5, 5.41) is 3.16. The van der Waals surface area contributed by atoms with Crippen LogP contribution in [0.1, 0.15) is 25.8 Å². The van der Waals surface area contributed by atoms with Crippen LogP contribution in [0, 0.1) is 6.92 Å². The molecule has 0 aromatic carbocycles. The van der Waals surface area contributed by atoms with Gasteiger partial charge < -0.3 is 10.2 Å². The van der Waals surface area contributed by atoms with Crippen molar-refractivity contribution in [1.82, 2.24) is 9.88 Å². The summed E-state index contributed by atoms with van der Waals surface area (Å²) in [7, 11) is 0. The van der Waals surface area contributed by atoms with Crippen LogP contribution >= 0.6 is 0 Å². The molecule has 17 heavy (non-hydrogen) atoms. The second kappa shape index (κ2) is 6.89. The quantitative estimate of drug-likeness (QED) is 0.821. The van der Waals surface area contributed by atoms with Crippen LogP contribution in [0.5, 0.6) is 0 Å². The van der Waals surface area contributed by atoms with Gasteiger partial charge in [-0.25, -0.2) is 4.98 Å². The van der Waals surface area contributed by atoms with Gasteiger partial charge in [-0.05, 0) is 38.5 Å². The Kier molecular flexibility index (Phi) is 5.46. The molecular formula is C13H21N3O. The van der Waals surface area contributed by atoms with Crippen LogP contribution in [0.2, 0.25) is 0 Å². The van der Waals surface area contributed by atoms with Crippen molar-refractivity contribution in [3.8, 4) is 0 Å². The van der Waals surface area contributed by atoms with E-state index in [1.165, 1.54) is 0 Å². The molecule has 1 rings (SSSR count). The van der Waals surface area contributed by atoms with Crippen molar-refractivity contribution >= 4 is 11.7 Å². The van der Waals surface area contributed by atoms with Crippen LogP contribution < -0.4 is 5.32 Å². The van der Waals surface area contributed by atoms with Crippen molar-refractivity contribution in [3.63, 3.8) is 0 Å². The van der Waals surface area contributed by atoms with Gasteiger partial charge in [0, 0.05) is 32.3 Å². The maximum absolute atomic E-state index is 11.7. The zero-order valence-electron chi connectivity index (χ0n) is 10.9. The van der Waals surface area contributed by atoms with Crippen molar-refractivity contribution in [3.05, 3.63) is 23.9 Å². The molecule has 0 saturated carbocycles. The molecule has 1 aromatic rings. The van der Waals surface area contributed by atoms with Gasteiger partial charge in [-0.2, -0.15) is 0 Å². The largest absolute Gasteiger partial charge is 0.370 e. The molecule has 4 heteroatoms. The Hall–Kier alpha value is -1.58. The van der Waals surface area contributed by atoms with Crippen LogP contribution in [-0.2, 0) is 4.79 Å². The lowest BCUT2D eigenvalue weighted by molar-refractivity contribution is -0.130. The minimum Gasteiger partial charge on any atom is -0.370 e. The van der Waals surface area contributed by atoms with Gasteiger partial charge in [-0.15, -0.1) is 0 Å². The number of rotatable bonds is 6. The summed E-state index contributed by atoms with van der Waals surface area (Å²) in [6.07, 6.45) is 2.28. The molecule has 0 aliphatic heterocycles. The average molecular weight is 235 g/mol. The Morgan fingerprint density at radius 3 is 2.71 bits per heavy atom. The van der Waals surface area contributed by atoms with Gasteiger partial charge in [0.05, 0.1) is 0 Å². The third-order valence-corrected chi connectivity index (χ3v) is 2.68. The van der Waals surface area contributed by atoms with Crippen molar-refractivity contribution in [2.45, 2.75) is 27.2 Å². The molecule has 0 bridgehead atoms. The Bertz CT molecular complexity index is 361. The fraction of sp³-hybridized carbons (Fsp3) is 0.538. The van der Waals surface area contributed by atoms with E-state index in [1.54, 1.807) is 6.20 Å². The highest BCUT2D eigenvalue weighted by atomic mass is 16.2. The van der Waals surface area contributed by atoms with Gasteiger partial charge in [0.2, 0.25) is 5.91 Å². The van der Waals surface area contributed by atoms with Crippen molar-refractivity contribution < 1.29 is 4.79 Å². The predicted octanol–water partition coefficient (Wildman–Crippen LogP) is 2.06. The number of aryl methyl sites for hydroxylation is 1. The van der Waals surface area contributed by atoms with E-state index in [-0.39, 0.29) is 5.91 Å². The number of amides is 1. The van der Waals surface area contributed by atoms with Gasteiger partial charge in [0.25, 0.3) is 0 Å². The van der Waals surface area contributed by atoms with Gasteiger partial charge in [0.1, 0.15) is 5.82 Å². The maximum Gasteiger partial charge on any atom is 0.224 e. The Labute approximate surface area is 103 Å². The molecule has 0 fully saturated rings. The lowest BCUT2D eigenvalue weighted by atomic mass is 10.3. The topological polar surface area (TPSA) is 45.2 Å². The van der Waals surface area contributed by atoms with Gasteiger partial charge >= 0.3 is 0 Å². The van der Waals surface area contributed by atoms with Crippen LogP contribution in [-0.4, -0.2) is 35.4 Å². The van der Waals surface area contributed by atoms with Gasteiger partial charge in [-0.3, -0.25) is 4.79 Å². The zero-order chi connectivity index (χ0) is 12.7. The van der Waals surface area contributed by atoms with E-state index in [2.05, 4.69) is 10.3 Å². The monoisotopic (exact) mass is 235 g/mol. The number of nitrogens with zero attached hydrogens (tertiary/aromatic N) is 2. The first kappa shape index (κ1) is 13.5. The minimum absolute atomic E-state index is 0.190. The molecule has 1 amide bonds. The first-order valence-electron chi connectivity index (χ1n) is 6.11. The zero-order valence-corrected chi connectivity index (χ0v) is 10.9. The normalized spacial score (nSPS) is 10.1. The molecule has 0 atom stereocenters. The Balaban J connectivity index is 2.35. The first-order chi connectivity index (χ1) is 8.17.